The van der Waals surface area contributed by atoms with Crippen molar-refractivity contribution in [1.82, 2.24) is 0 Å². The van der Waals surface area contributed by atoms with Crippen molar-refractivity contribution in [3.63, 3.8) is 0 Å². The average molecular weight is 494 g/mol. The van der Waals surface area contributed by atoms with Gasteiger partial charge in [-0.1, -0.05) is 64.6 Å². The summed E-state index contributed by atoms with van der Waals surface area (Å²) in [5.41, 5.74) is -0.648. The van der Waals surface area contributed by atoms with Crippen LogP contribution in [0.1, 0.15) is 16.7 Å². The first-order valence-electron chi connectivity index (χ1n) is 7.89. The van der Waals surface area contributed by atoms with E-state index in [1.54, 1.807) is 0 Å². The Morgan fingerprint density at radius 3 is 1.93 bits per heavy atom. The van der Waals surface area contributed by atoms with Crippen LogP contribution in [-0.4, -0.2) is 23.2 Å². The molecule has 10 heteroatoms. The highest BCUT2D eigenvalue weighted by Gasteiger charge is 2.52. The second-order valence-corrected chi connectivity index (χ2v) is 9.30. The van der Waals surface area contributed by atoms with Crippen molar-refractivity contribution in [3.05, 3.63) is 91.4 Å². The summed E-state index contributed by atoms with van der Waals surface area (Å²) in [5.74, 6) is -0.861. The van der Waals surface area contributed by atoms with Crippen LogP contribution < -0.4 is 0 Å². The molecule has 3 rings (SSSR count). The van der Waals surface area contributed by atoms with E-state index in [1.165, 1.54) is 42.5 Å². The summed E-state index contributed by atoms with van der Waals surface area (Å²) in [6.07, 6.45) is 0. The van der Waals surface area contributed by atoms with Gasteiger partial charge in [-0.25, -0.2) is 0 Å². The monoisotopic (exact) mass is 492 g/mol. The molecule has 0 spiro atoms. The Balaban J connectivity index is 2.66. The van der Waals surface area contributed by atoms with Crippen LogP contribution in [0.3, 0.4) is 0 Å². The molecule has 29 heavy (non-hydrogen) atoms. The third-order valence-electron chi connectivity index (χ3n) is 4.39. The van der Waals surface area contributed by atoms with Gasteiger partial charge in [-0.3, -0.25) is 4.55 Å². The largest absolute Gasteiger partial charge is 0.508 e. The number of para-hydroxylation sites is 1. The maximum Gasteiger partial charge on any atom is 0.283 e. The molecule has 152 valence electrons. The van der Waals surface area contributed by atoms with Gasteiger partial charge in [0, 0.05) is 37.8 Å². The fourth-order valence-electron chi connectivity index (χ4n) is 3.20. The van der Waals surface area contributed by atoms with Crippen molar-refractivity contribution in [2.24, 2.45) is 0 Å². The van der Waals surface area contributed by atoms with Crippen molar-refractivity contribution in [2.75, 3.05) is 0 Å². The normalized spacial score (nSPS) is 13.8. The minimum absolute atomic E-state index is 0.0736. The lowest BCUT2D eigenvalue weighted by molar-refractivity contribution is 0.440. The molecule has 1 unspecified atom stereocenters. The molecule has 0 aromatic heterocycles. The number of hydrogen-bond acceptors (Lipinski definition) is 4. The summed E-state index contributed by atoms with van der Waals surface area (Å²) in [4.78, 5) is 0. The van der Waals surface area contributed by atoms with E-state index in [9.17, 15) is 23.2 Å². The molecule has 0 aliphatic rings. The van der Waals surface area contributed by atoms with Crippen molar-refractivity contribution in [3.8, 4) is 11.5 Å². The lowest BCUT2D eigenvalue weighted by Crippen LogP contribution is -2.39. The van der Waals surface area contributed by atoms with E-state index in [0.717, 1.165) is 12.1 Å². The number of rotatable bonds is 4. The first kappa shape index (κ1) is 22.0. The Kier molecular flexibility index (Phi) is 5.98. The Labute approximate surface area is 186 Å². The van der Waals surface area contributed by atoms with Gasteiger partial charge in [0.15, 0.2) is 4.75 Å². The van der Waals surface area contributed by atoms with Crippen LogP contribution in [0, 0.1) is 0 Å². The van der Waals surface area contributed by atoms with E-state index in [4.69, 9.17) is 46.4 Å². The molecule has 5 nitrogen and oxygen atoms in total. The molecule has 0 amide bonds. The second kappa shape index (κ2) is 7.87. The van der Waals surface area contributed by atoms with Gasteiger partial charge in [0.25, 0.3) is 10.1 Å². The maximum absolute atomic E-state index is 13.0. The lowest BCUT2D eigenvalue weighted by Gasteiger charge is -2.34. The lowest BCUT2D eigenvalue weighted by atomic mass is 9.83. The quantitative estimate of drug-likeness (QED) is 0.311. The zero-order valence-corrected chi connectivity index (χ0v) is 18.1. The summed E-state index contributed by atoms with van der Waals surface area (Å²) < 4.78 is 34.0. The maximum atomic E-state index is 13.0. The van der Waals surface area contributed by atoms with Gasteiger partial charge in [0.05, 0.1) is 5.02 Å². The number of benzene rings is 3. The Morgan fingerprint density at radius 2 is 1.31 bits per heavy atom. The highest BCUT2D eigenvalue weighted by molar-refractivity contribution is 7.87. The molecule has 0 saturated heterocycles. The van der Waals surface area contributed by atoms with E-state index < -0.39 is 26.4 Å². The fraction of sp³-hybridized carbons (Fsp3) is 0.0526. The third kappa shape index (κ3) is 3.65. The molecule has 0 aliphatic heterocycles. The van der Waals surface area contributed by atoms with Crippen molar-refractivity contribution in [1.29, 1.82) is 0 Å². The zero-order chi connectivity index (χ0) is 21.6. The van der Waals surface area contributed by atoms with Gasteiger partial charge in [0.1, 0.15) is 11.5 Å². The molecule has 0 radical (unpaired) electrons. The zero-order valence-electron chi connectivity index (χ0n) is 14.3. The van der Waals surface area contributed by atoms with Gasteiger partial charge in [0.2, 0.25) is 0 Å². The summed E-state index contributed by atoms with van der Waals surface area (Å²) in [6, 6.07) is 11.6. The summed E-state index contributed by atoms with van der Waals surface area (Å²) in [5, 5.41) is 20.0. The van der Waals surface area contributed by atoms with Crippen LogP contribution in [0.15, 0.2) is 54.6 Å². The van der Waals surface area contributed by atoms with Gasteiger partial charge in [-0.15, -0.1) is 0 Å². The first-order chi connectivity index (χ1) is 13.5. The van der Waals surface area contributed by atoms with E-state index >= 15 is 0 Å². The summed E-state index contributed by atoms with van der Waals surface area (Å²) in [6.45, 7) is 0. The number of hydrogen-bond donors (Lipinski definition) is 3. The SMILES string of the molecule is O=S(=O)(O)C(c1ccccc1O)(c1cc(Cl)ccc1Cl)c1cc(Cl)c(O)cc1Cl. The van der Waals surface area contributed by atoms with Gasteiger partial charge in [-0.2, -0.15) is 8.42 Å². The van der Waals surface area contributed by atoms with E-state index in [2.05, 4.69) is 0 Å². The highest BCUT2D eigenvalue weighted by atomic mass is 35.5. The predicted octanol–water partition coefficient (Wildman–Crippen LogP) is 5.89. The average Bonchev–Trinajstić information content (AvgIpc) is 2.63. The van der Waals surface area contributed by atoms with Gasteiger partial charge in [-0.05, 0) is 30.3 Å². The van der Waals surface area contributed by atoms with Crippen LogP contribution in [0.5, 0.6) is 11.5 Å². The van der Waals surface area contributed by atoms with Crippen LogP contribution in [0.2, 0.25) is 20.1 Å². The number of phenols is 2. The molecule has 0 bridgehead atoms. The Morgan fingerprint density at radius 1 is 0.690 bits per heavy atom. The molecule has 0 aliphatic carbocycles. The summed E-state index contributed by atoms with van der Waals surface area (Å²) in [7, 11) is -5.13. The van der Waals surface area contributed by atoms with Crippen molar-refractivity contribution in [2.45, 2.75) is 4.75 Å². The van der Waals surface area contributed by atoms with Crippen molar-refractivity contribution >= 4 is 56.5 Å². The third-order valence-corrected chi connectivity index (χ3v) is 7.01. The van der Waals surface area contributed by atoms with Crippen LogP contribution in [-0.2, 0) is 14.9 Å². The minimum Gasteiger partial charge on any atom is -0.508 e. The molecule has 3 N–H and O–H groups in total. The molecule has 1 atom stereocenters. The van der Waals surface area contributed by atoms with E-state index in [0.29, 0.717) is 0 Å². The van der Waals surface area contributed by atoms with E-state index in [1.807, 2.05) is 0 Å². The standard InChI is InChI=1S/C19H12Cl4O5S/c20-10-5-6-14(21)12(7-10)19(29(26,27)28,11-3-1-2-4-17(11)24)13-8-16(23)18(25)9-15(13)22/h1-9,24-25H,(H,26,27,28). The Hall–Kier alpha value is -1.67. The van der Waals surface area contributed by atoms with Crippen LogP contribution in [0.4, 0.5) is 0 Å². The molecule has 0 heterocycles. The topological polar surface area (TPSA) is 94.8 Å². The van der Waals surface area contributed by atoms with Gasteiger partial charge < -0.3 is 10.2 Å². The first-order valence-corrected chi connectivity index (χ1v) is 10.8. The van der Waals surface area contributed by atoms with E-state index in [-0.39, 0.29) is 36.8 Å². The van der Waals surface area contributed by atoms with Crippen LogP contribution in [0.25, 0.3) is 0 Å². The number of phenolic OH excluding ortho intramolecular Hbond substituents is 2. The second-order valence-electron chi connectivity index (χ2n) is 6.08. The molecule has 3 aromatic carbocycles. The number of aromatic hydroxyl groups is 2. The molecule has 3 aromatic rings. The molecule has 0 fully saturated rings. The molecular formula is C19H12Cl4O5S. The Bertz CT molecular complexity index is 1210. The molecule has 0 saturated carbocycles. The molecular weight excluding hydrogens is 482 g/mol. The highest BCUT2D eigenvalue weighted by Crippen LogP contribution is 2.52. The van der Waals surface area contributed by atoms with Crippen LogP contribution >= 0.6 is 46.4 Å². The van der Waals surface area contributed by atoms with Gasteiger partial charge >= 0.3 is 0 Å². The van der Waals surface area contributed by atoms with Crippen molar-refractivity contribution < 1.29 is 23.2 Å². The number of halogens is 4. The smallest absolute Gasteiger partial charge is 0.283 e. The summed E-state index contributed by atoms with van der Waals surface area (Å²) >= 11 is 24.7. The predicted molar refractivity (Wildman–Crippen MR) is 114 cm³/mol. The fourth-order valence-corrected chi connectivity index (χ4v) is 5.55. The minimum atomic E-state index is -5.13.